The quantitative estimate of drug-likeness (QED) is 0.669. The summed E-state index contributed by atoms with van der Waals surface area (Å²) < 4.78 is 11.6. The molecule has 0 aliphatic rings. The summed E-state index contributed by atoms with van der Waals surface area (Å²) in [6.07, 6.45) is 3.86. The van der Waals surface area contributed by atoms with Crippen molar-refractivity contribution in [3.8, 4) is 11.5 Å². The zero-order valence-corrected chi connectivity index (χ0v) is 13.8. The van der Waals surface area contributed by atoms with E-state index in [0.29, 0.717) is 24.7 Å². The molecule has 0 amide bonds. The maximum absolute atomic E-state index is 11.6. The molecule has 0 aliphatic heterocycles. The number of unbranched alkanes of at least 4 members (excludes halogenated alkanes) is 2. The van der Waals surface area contributed by atoms with E-state index in [1.54, 1.807) is 6.07 Å². The highest BCUT2D eigenvalue weighted by Crippen LogP contribution is 2.37. The summed E-state index contributed by atoms with van der Waals surface area (Å²) in [5.41, 5.74) is 0.159. The van der Waals surface area contributed by atoms with Crippen molar-refractivity contribution in [2.24, 2.45) is 0 Å². The highest BCUT2D eigenvalue weighted by Gasteiger charge is 2.19. The van der Waals surface area contributed by atoms with Crippen molar-refractivity contribution in [2.75, 3.05) is 13.2 Å². The van der Waals surface area contributed by atoms with E-state index in [4.69, 9.17) is 9.47 Å². The average molecular weight is 316 g/mol. The van der Waals surface area contributed by atoms with Gasteiger partial charge in [-0.05, 0) is 18.9 Å². The van der Waals surface area contributed by atoms with Gasteiger partial charge in [-0.3, -0.25) is 0 Å². The van der Waals surface area contributed by atoms with Crippen molar-refractivity contribution in [3.63, 3.8) is 0 Å². The van der Waals surface area contributed by atoms with Crippen molar-refractivity contribution >= 4 is 16.7 Å². The summed E-state index contributed by atoms with van der Waals surface area (Å²) >= 11 is 0. The first-order valence-corrected chi connectivity index (χ1v) is 8.23. The van der Waals surface area contributed by atoms with Gasteiger partial charge in [0.25, 0.3) is 0 Å². The number of hydrogen-bond donors (Lipinski definition) is 1. The van der Waals surface area contributed by atoms with E-state index < -0.39 is 5.97 Å². The number of aromatic carboxylic acids is 1. The Bertz CT molecular complexity index is 664. The molecule has 23 heavy (non-hydrogen) atoms. The third-order valence-corrected chi connectivity index (χ3v) is 3.69. The molecule has 2 aromatic rings. The topological polar surface area (TPSA) is 55.8 Å². The Morgan fingerprint density at radius 1 is 1.00 bits per heavy atom. The van der Waals surface area contributed by atoms with E-state index in [1.807, 2.05) is 24.3 Å². The molecule has 0 bridgehead atoms. The fraction of sp³-hybridized carbons (Fsp3) is 0.421. The monoisotopic (exact) mass is 316 g/mol. The second-order valence-corrected chi connectivity index (χ2v) is 5.51. The molecule has 1 N–H and O–H groups in total. The fourth-order valence-electron chi connectivity index (χ4n) is 2.39. The smallest absolute Gasteiger partial charge is 0.339 e. The third-order valence-electron chi connectivity index (χ3n) is 3.69. The number of carboxylic acids is 1. The van der Waals surface area contributed by atoms with Gasteiger partial charge in [0.05, 0.1) is 13.2 Å². The maximum atomic E-state index is 11.6. The molecule has 2 rings (SSSR count). The lowest BCUT2D eigenvalue weighted by Crippen LogP contribution is -2.07. The summed E-state index contributed by atoms with van der Waals surface area (Å²) in [5.74, 6) is 0.0428. The lowest BCUT2D eigenvalue weighted by atomic mass is 10.0. The van der Waals surface area contributed by atoms with Gasteiger partial charge in [-0.2, -0.15) is 0 Å². The number of fused-ring (bicyclic) bond motifs is 1. The molecule has 2 aromatic carbocycles. The molecular weight excluding hydrogens is 292 g/mol. The Labute approximate surface area is 137 Å². The van der Waals surface area contributed by atoms with Gasteiger partial charge in [-0.15, -0.1) is 0 Å². The van der Waals surface area contributed by atoms with Gasteiger partial charge in [-0.25, -0.2) is 4.79 Å². The van der Waals surface area contributed by atoms with Gasteiger partial charge < -0.3 is 14.6 Å². The minimum absolute atomic E-state index is 0.159. The molecule has 0 unspecified atom stereocenters. The molecular formula is C19H24O4. The van der Waals surface area contributed by atoms with Crippen LogP contribution in [0.2, 0.25) is 0 Å². The first kappa shape index (κ1) is 17.1. The first-order chi connectivity index (χ1) is 11.2. The van der Waals surface area contributed by atoms with Crippen molar-refractivity contribution in [2.45, 2.75) is 39.5 Å². The zero-order valence-electron chi connectivity index (χ0n) is 13.8. The fourth-order valence-corrected chi connectivity index (χ4v) is 2.39. The largest absolute Gasteiger partial charge is 0.493 e. The molecule has 4 heteroatoms. The first-order valence-electron chi connectivity index (χ1n) is 8.23. The second-order valence-electron chi connectivity index (χ2n) is 5.51. The molecule has 124 valence electrons. The highest BCUT2D eigenvalue weighted by molar-refractivity contribution is 6.03. The van der Waals surface area contributed by atoms with Crippen molar-refractivity contribution < 1.29 is 19.4 Å². The minimum Gasteiger partial charge on any atom is -0.493 e. The second kappa shape index (κ2) is 8.42. The summed E-state index contributed by atoms with van der Waals surface area (Å²) in [4.78, 5) is 11.6. The lowest BCUT2D eigenvalue weighted by molar-refractivity contribution is 0.0692. The van der Waals surface area contributed by atoms with Gasteiger partial charge >= 0.3 is 5.97 Å². The van der Waals surface area contributed by atoms with Crippen LogP contribution < -0.4 is 9.47 Å². The van der Waals surface area contributed by atoms with Gasteiger partial charge in [-0.1, -0.05) is 51.0 Å². The molecule has 0 aromatic heterocycles. The van der Waals surface area contributed by atoms with Crippen LogP contribution in [0.25, 0.3) is 10.8 Å². The molecule has 0 saturated heterocycles. The van der Waals surface area contributed by atoms with E-state index >= 15 is 0 Å². The zero-order chi connectivity index (χ0) is 16.7. The predicted molar refractivity (Wildman–Crippen MR) is 91.7 cm³/mol. The summed E-state index contributed by atoms with van der Waals surface area (Å²) in [5, 5.41) is 11.2. The minimum atomic E-state index is -0.998. The van der Waals surface area contributed by atoms with Crippen LogP contribution in [0.15, 0.2) is 30.3 Å². The van der Waals surface area contributed by atoms with Crippen molar-refractivity contribution in [1.29, 1.82) is 0 Å². The van der Waals surface area contributed by atoms with Crippen LogP contribution in [0.1, 0.15) is 49.9 Å². The molecule has 0 fully saturated rings. The Morgan fingerprint density at radius 3 is 2.22 bits per heavy atom. The molecule has 0 spiro atoms. The molecule has 0 saturated carbocycles. The summed E-state index contributed by atoms with van der Waals surface area (Å²) in [7, 11) is 0. The SMILES string of the molecule is CCCCOc1cc(C(=O)O)c(OCCCC)c2ccccc12. The third kappa shape index (κ3) is 4.15. The van der Waals surface area contributed by atoms with Crippen molar-refractivity contribution in [3.05, 3.63) is 35.9 Å². The van der Waals surface area contributed by atoms with Crippen LogP contribution in [-0.4, -0.2) is 24.3 Å². The number of rotatable bonds is 9. The van der Waals surface area contributed by atoms with Crippen LogP contribution in [0.3, 0.4) is 0 Å². The van der Waals surface area contributed by atoms with Gasteiger partial charge in [0.15, 0.2) is 0 Å². The van der Waals surface area contributed by atoms with Crippen LogP contribution in [0.5, 0.6) is 11.5 Å². The molecule has 0 aliphatic carbocycles. The Balaban J connectivity index is 2.48. The van der Waals surface area contributed by atoms with Gasteiger partial charge in [0.2, 0.25) is 0 Å². The van der Waals surface area contributed by atoms with Crippen LogP contribution >= 0.6 is 0 Å². The van der Waals surface area contributed by atoms with E-state index in [-0.39, 0.29) is 5.56 Å². The molecule has 0 heterocycles. The Morgan fingerprint density at radius 2 is 1.61 bits per heavy atom. The lowest BCUT2D eigenvalue weighted by Gasteiger charge is -2.16. The summed E-state index contributed by atoms with van der Waals surface area (Å²) in [6, 6.07) is 9.22. The maximum Gasteiger partial charge on any atom is 0.339 e. The average Bonchev–Trinajstić information content (AvgIpc) is 2.56. The number of benzene rings is 2. The van der Waals surface area contributed by atoms with Crippen LogP contribution in [-0.2, 0) is 0 Å². The van der Waals surface area contributed by atoms with Crippen LogP contribution in [0, 0.1) is 0 Å². The standard InChI is InChI=1S/C19H24O4/c1-3-5-11-22-17-13-16(19(20)21)18(23-12-6-4-2)15-10-8-7-9-14(15)17/h7-10,13H,3-6,11-12H2,1-2H3,(H,20,21). The Hall–Kier alpha value is -2.23. The number of ether oxygens (including phenoxy) is 2. The molecule has 0 radical (unpaired) electrons. The van der Waals surface area contributed by atoms with E-state index in [9.17, 15) is 9.90 Å². The predicted octanol–water partition coefficient (Wildman–Crippen LogP) is 4.90. The van der Waals surface area contributed by atoms with Gasteiger partial charge in [0.1, 0.15) is 17.1 Å². The number of hydrogen-bond acceptors (Lipinski definition) is 3. The summed E-state index contributed by atoms with van der Waals surface area (Å²) in [6.45, 7) is 5.26. The molecule has 0 atom stereocenters. The van der Waals surface area contributed by atoms with E-state index in [0.717, 1.165) is 36.5 Å². The number of carboxylic acid groups (broad SMARTS) is 1. The van der Waals surface area contributed by atoms with Crippen LogP contribution in [0.4, 0.5) is 0 Å². The van der Waals surface area contributed by atoms with Crippen molar-refractivity contribution in [1.82, 2.24) is 0 Å². The van der Waals surface area contributed by atoms with Gasteiger partial charge in [0, 0.05) is 10.8 Å². The van der Waals surface area contributed by atoms with E-state index in [2.05, 4.69) is 13.8 Å². The number of carbonyl (C=O) groups is 1. The highest BCUT2D eigenvalue weighted by atomic mass is 16.5. The van der Waals surface area contributed by atoms with E-state index in [1.165, 1.54) is 0 Å². The normalized spacial score (nSPS) is 10.7. The molecule has 4 nitrogen and oxygen atoms in total. The Kier molecular flexibility index (Phi) is 6.27.